The highest BCUT2D eigenvalue weighted by atomic mass is 15.2. The summed E-state index contributed by atoms with van der Waals surface area (Å²) in [6.07, 6.45) is 45.4. The fourth-order valence-electron chi connectivity index (χ4n) is 5.48. The lowest BCUT2D eigenvalue weighted by Gasteiger charge is -2.37. The summed E-state index contributed by atoms with van der Waals surface area (Å²) in [6.45, 7) is 16.1. The highest BCUT2D eigenvalue weighted by Gasteiger charge is 2.25. The third kappa shape index (κ3) is 7.33. The molecule has 206 valence electrons. The van der Waals surface area contributed by atoms with Gasteiger partial charge in [0.1, 0.15) is 0 Å². The molecule has 0 radical (unpaired) electrons. The van der Waals surface area contributed by atoms with E-state index in [1.807, 2.05) is 31.2 Å². The molecule has 0 fully saturated rings. The Morgan fingerprint density at radius 3 is 2.15 bits per heavy atom. The Morgan fingerprint density at radius 1 is 0.850 bits per heavy atom. The molecule has 4 aliphatic rings. The minimum Gasteiger partial charge on any atom is -0.338 e. The maximum atomic E-state index is 4.03. The summed E-state index contributed by atoms with van der Waals surface area (Å²) in [5.41, 5.74) is 9.03. The lowest BCUT2D eigenvalue weighted by atomic mass is 9.88. The Hall–Kier alpha value is -4.04. The first-order chi connectivity index (χ1) is 19.5. The molecule has 0 aromatic heterocycles. The second-order valence-corrected chi connectivity index (χ2v) is 10.7. The van der Waals surface area contributed by atoms with E-state index in [9.17, 15) is 0 Å². The van der Waals surface area contributed by atoms with Crippen LogP contribution >= 0.6 is 0 Å². The normalized spacial score (nSPS) is 23.1. The Bertz CT molecular complexity index is 1320. The number of allylic oxidation sites excluding steroid dienone is 20. The molecular formula is C38H44N2. The predicted octanol–water partition coefficient (Wildman–Crippen LogP) is 10.1. The summed E-state index contributed by atoms with van der Waals surface area (Å²) in [4.78, 5) is 4.77. The second kappa shape index (κ2) is 14.4. The molecule has 0 aromatic rings. The van der Waals surface area contributed by atoms with E-state index >= 15 is 0 Å². The van der Waals surface area contributed by atoms with Gasteiger partial charge >= 0.3 is 0 Å². The van der Waals surface area contributed by atoms with Crippen molar-refractivity contribution in [1.82, 2.24) is 9.80 Å². The fraction of sp³-hybridized carbons (Fsp3) is 0.263. The van der Waals surface area contributed by atoms with Gasteiger partial charge < -0.3 is 9.80 Å². The van der Waals surface area contributed by atoms with Gasteiger partial charge in [-0.2, -0.15) is 0 Å². The molecule has 0 heterocycles. The van der Waals surface area contributed by atoms with E-state index in [1.54, 1.807) is 0 Å². The lowest BCUT2D eigenvalue weighted by molar-refractivity contribution is 0.353. The van der Waals surface area contributed by atoms with Gasteiger partial charge in [-0.05, 0) is 99.0 Å². The standard InChI is InChI=1S/C38H44N2/c1-6-13-34(8-3)39(29-12-14-30(4)7-2)35-25-19-32(20-26-35)33-21-27-38(28-22-33)40(36-15-10-9-11-16-36)37-23-17-31(5)18-24-37/h6-15,17,19,21,23-25,27,29,31,36H,1-3,16,18,20,22,26,28H2,4-5H3/b29-12+,30-14-,34-13+. The highest BCUT2D eigenvalue weighted by molar-refractivity contribution is 5.45. The average Bonchev–Trinajstić information content (AvgIpc) is 3.00. The number of nitrogens with zero attached hydrogens (tertiary/aromatic N) is 2. The zero-order chi connectivity index (χ0) is 28.3. The smallest absolute Gasteiger partial charge is 0.0556 e. The molecule has 0 N–H and O–H groups in total. The van der Waals surface area contributed by atoms with Crippen molar-refractivity contribution in [1.29, 1.82) is 0 Å². The molecule has 2 atom stereocenters. The molecule has 2 heteroatoms. The Morgan fingerprint density at radius 2 is 1.60 bits per heavy atom. The second-order valence-electron chi connectivity index (χ2n) is 10.7. The molecule has 40 heavy (non-hydrogen) atoms. The SMILES string of the molecule is C=C/C=C(\C=C)N(/C=C/C=C(/C)C=C)C1=CC=C(C2=CC=C(N(C3=CCC(C)C=C3)C3C=CC=CC3)CC2)CC1. The molecule has 0 spiro atoms. The zero-order valence-corrected chi connectivity index (χ0v) is 24.3. The van der Waals surface area contributed by atoms with Gasteiger partial charge in [-0.15, -0.1) is 0 Å². The Balaban J connectivity index is 1.57. The van der Waals surface area contributed by atoms with Gasteiger partial charge in [0.05, 0.1) is 6.04 Å². The van der Waals surface area contributed by atoms with Crippen molar-refractivity contribution in [3.63, 3.8) is 0 Å². The monoisotopic (exact) mass is 528 g/mol. The van der Waals surface area contributed by atoms with Gasteiger partial charge in [-0.25, -0.2) is 0 Å². The van der Waals surface area contributed by atoms with Crippen molar-refractivity contribution < 1.29 is 0 Å². The van der Waals surface area contributed by atoms with Gasteiger partial charge in [0.25, 0.3) is 0 Å². The van der Waals surface area contributed by atoms with Crippen molar-refractivity contribution in [3.8, 4) is 0 Å². The van der Waals surface area contributed by atoms with Crippen molar-refractivity contribution in [3.05, 3.63) is 169 Å². The van der Waals surface area contributed by atoms with E-state index in [0.29, 0.717) is 12.0 Å². The Labute approximate surface area is 242 Å². The first kappa shape index (κ1) is 29.0. The van der Waals surface area contributed by atoms with E-state index in [1.165, 1.54) is 28.2 Å². The number of hydrogen-bond acceptors (Lipinski definition) is 2. The van der Waals surface area contributed by atoms with Crippen LogP contribution in [0.2, 0.25) is 0 Å². The lowest BCUT2D eigenvalue weighted by Crippen LogP contribution is -2.33. The molecule has 2 nitrogen and oxygen atoms in total. The van der Waals surface area contributed by atoms with Gasteiger partial charge in [-0.1, -0.05) is 99.1 Å². The van der Waals surface area contributed by atoms with Crippen LogP contribution in [0.5, 0.6) is 0 Å². The quantitative estimate of drug-likeness (QED) is 0.246. The maximum absolute atomic E-state index is 4.03. The van der Waals surface area contributed by atoms with Crippen LogP contribution in [0.15, 0.2) is 169 Å². The summed E-state index contributed by atoms with van der Waals surface area (Å²) >= 11 is 0. The first-order valence-electron chi connectivity index (χ1n) is 14.6. The maximum Gasteiger partial charge on any atom is 0.0556 e. The van der Waals surface area contributed by atoms with E-state index in [-0.39, 0.29) is 0 Å². The van der Waals surface area contributed by atoms with Crippen molar-refractivity contribution in [2.24, 2.45) is 5.92 Å². The van der Waals surface area contributed by atoms with E-state index in [4.69, 9.17) is 0 Å². The van der Waals surface area contributed by atoms with Gasteiger partial charge in [-0.3, -0.25) is 0 Å². The van der Waals surface area contributed by atoms with Crippen LogP contribution in [-0.4, -0.2) is 15.8 Å². The summed E-state index contributed by atoms with van der Waals surface area (Å²) < 4.78 is 0. The Kier molecular flexibility index (Phi) is 10.4. The van der Waals surface area contributed by atoms with Gasteiger partial charge in [0, 0.05) is 29.0 Å². The van der Waals surface area contributed by atoms with Crippen molar-refractivity contribution in [2.45, 2.75) is 58.4 Å². The third-order valence-corrected chi connectivity index (χ3v) is 7.84. The summed E-state index contributed by atoms with van der Waals surface area (Å²) in [7, 11) is 0. The van der Waals surface area contributed by atoms with Crippen LogP contribution in [0.4, 0.5) is 0 Å². The molecule has 0 bridgehead atoms. The molecule has 0 saturated heterocycles. The molecule has 4 aliphatic carbocycles. The summed E-state index contributed by atoms with van der Waals surface area (Å²) in [6, 6.07) is 0.377. The molecule has 2 unspecified atom stereocenters. The average molecular weight is 529 g/mol. The zero-order valence-electron chi connectivity index (χ0n) is 24.3. The minimum absolute atomic E-state index is 0.377. The first-order valence-corrected chi connectivity index (χ1v) is 14.6. The highest BCUT2D eigenvalue weighted by Crippen LogP contribution is 2.36. The van der Waals surface area contributed by atoms with Crippen LogP contribution in [0.1, 0.15) is 52.4 Å². The van der Waals surface area contributed by atoms with Crippen LogP contribution < -0.4 is 0 Å². The van der Waals surface area contributed by atoms with Crippen LogP contribution in [-0.2, 0) is 0 Å². The van der Waals surface area contributed by atoms with Crippen LogP contribution in [0.25, 0.3) is 0 Å². The largest absolute Gasteiger partial charge is 0.338 e. The van der Waals surface area contributed by atoms with Gasteiger partial charge in [0.2, 0.25) is 0 Å². The topological polar surface area (TPSA) is 6.48 Å². The van der Waals surface area contributed by atoms with Gasteiger partial charge in [0.15, 0.2) is 0 Å². The molecular weight excluding hydrogens is 484 g/mol. The van der Waals surface area contributed by atoms with E-state index in [0.717, 1.165) is 49.8 Å². The molecule has 0 aromatic carbocycles. The minimum atomic E-state index is 0.377. The van der Waals surface area contributed by atoms with E-state index in [2.05, 4.69) is 122 Å². The number of hydrogen-bond donors (Lipinski definition) is 0. The molecule has 0 aliphatic heterocycles. The van der Waals surface area contributed by atoms with Crippen LogP contribution in [0.3, 0.4) is 0 Å². The van der Waals surface area contributed by atoms with Crippen LogP contribution in [0, 0.1) is 5.92 Å². The summed E-state index contributed by atoms with van der Waals surface area (Å²) in [5, 5.41) is 0. The molecule has 0 amide bonds. The molecule has 4 rings (SSSR count). The summed E-state index contributed by atoms with van der Waals surface area (Å²) in [5.74, 6) is 0.615. The fourth-order valence-corrected chi connectivity index (χ4v) is 5.48. The molecule has 0 saturated carbocycles. The van der Waals surface area contributed by atoms with E-state index < -0.39 is 0 Å². The van der Waals surface area contributed by atoms with Crippen molar-refractivity contribution >= 4 is 0 Å². The third-order valence-electron chi connectivity index (χ3n) is 7.84. The number of rotatable bonds is 11. The van der Waals surface area contributed by atoms with Crippen molar-refractivity contribution in [2.75, 3.05) is 0 Å². The predicted molar refractivity (Wildman–Crippen MR) is 174 cm³/mol.